The summed E-state index contributed by atoms with van der Waals surface area (Å²) in [5.74, 6) is 1.38. The molecule has 0 radical (unpaired) electrons. The van der Waals surface area contributed by atoms with Gasteiger partial charge in [0.2, 0.25) is 0 Å². The fourth-order valence-electron chi connectivity index (χ4n) is 2.84. The van der Waals surface area contributed by atoms with E-state index in [2.05, 4.69) is 70.3 Å². The molecular formula is C20H26N4. The van der Waals surface area contributed by atoms with Gasteiger partial charge in [-0.25, -0.2) is 4.98 Å². The Balaban J connectivity index is 2.26. The lowest BCUT2D eigenvalue weighted by Gasteiger charge is -2.16. The summed E-state index contributed by atoms with van der Waals surface area (Å²) in [6, 6.07) is 12.9. The van der Waals surface area contributed by atoms with E-state index in [1.165, 1.54) is 0 Å². The third kappa shape index (κ3) is 3.01. The zero-order chi connectivity index (χ0) is 17.3. The zero-order valence-corrected chi connectivity index (χ0v) is 15.2. The second-order valence-corrected chi connectivity index (χ2v) is 6.74. The van der Waals surface area contributed by atoms with Crippen molar-refractivity contribution in [2.75, 3.05) is 5.32 Å². The molecule has 4 heteroatoms. The number of anilines is 1. The van der Waals surface area contributed by atoms with Gasteiger partial charge in [0.15, 0.2) is 5.65 Å². The highest BCUT2D eigenvalue weighted by atomic mass is 15.3. The lowest BCUT2D eigenvalue weighted by Crippen LogP contribution is -2.17. The Morgan fingerprint density at radius 3 is 2.46 bits per heavy atom. The quantitative estimate of drug-likeness (QED) is 0.715. The molecule has 2 aromatic heterocycles. The second-order valence-electron chi connectivity index (χ2n) is 6.74. The van der Waals surface area contributed by atoms with E-state index in [1.54, 1.807) is 0 Å². The highest BCUT2D eigenvalue weighted by Crippen LogP contribution is 2.30. The third-order valence-electron chi connectivity index (χ3n) is 4.44. The van der Waals surface area contributed by atoms with Gasteiger partial charge in [-0.1, -0.05) is 51.1 Å². The van der Waals surface area contributed by atoms with Gasteiger partial charge in [0.25, 0.3) is 0 Å². The first-order valence-corrected chi connectivity index (χ1v) is 8.73. The molecule has 0 aliphatic rings. The van der Waals surface area contributed by atoms with E-state index >= 15 is 0 Å². The van der Waals surface area contributed by atoms with Crippen molar-refractivity contribution in [3.63, 3.8) is 0 Å². The molecule has 0 saturated carbocycles. The molecule has 1 unspecified atom stereocenters. The SMILES string of the molecule is CCC(C)Nc1cc(C(C)C)nc2c(-c3ccccc3)c(C)nn12. The summed E-state index contributed by atoms with van der Waals surface area (Å²) in [5, 5.41) is 8.35. The Bertz CT molecular complexity index is 834. The summed E-state index contributed by atoms with van der Waals surface area (Å²) >= 11 is 0. The molecule has 0 amide bonds. The van der Waals surface area contributed by atoms with Crippen LogP contribution in [0.1, 0.15) is 51.4 Å². The average molecular weight is 322 g/mol. The highest BCUT2D eigenvalue weighted by Gasteiger charge is 2.18. The van der Waals surface area contributed by atoms with Crippen LogP contribution in [0.15, 0.2) is 36.4 Å². The zero-order valence-electron chi connectivity index (χ0n) is 15.2. The second kappa shape index (κ2) is 6.63. The van der Waals surface area contributed by atoms with Crippen LogP contribution in [-0.2, 0) is 0 Å². The van der Waals surface area contributed by atoms with E-state index in [9.17, 15) is 0 Å². The van der Waals surface area contributed by atoms with Crippen LogP contribution in [0, 0.1) is 6.92 Å². The van der Waals surface area contributed by atoms with Crippen LogP contribution in [0.3, 0.4) is 0 Å². The fourth-order valence-corrected chi connectivity index (χ4v) is 2.84. The van der Waals surface area contributed by atoms with E-state index in [0.717, 1.165) is 40.4 Å². The van der Waals surface area contributed by atoms with E-state index in [-0.39, 0.29) is 0 Å². The normalized spacial score (nSPS) is 12.8. The van der Waals surface area contributed by atoms with Gasteiger partial charge in [0, 0.05) is 23.4 Å². The number of hydrogen-bond acceptors (Lipinski definition) is 3. The molecule has 24 heavy (non-hydrogen) atoms. The minimum Gasteiger partial charge on any atom is -0.367 e. The lowest BCUT2D eigenvalue weighted by molar-refractivity contribution is 0.741. The molecule has 3 aromatic rings. The lowest BCUT2D eigenvalue weighted by atomic mass is 10.1. The summed E-state index contributed by atoms with van der Waals surface area (Å²) in [5.41, 5.74) is 5.29. The molecule has 1 N–H and O–H groups in total. The number of fused-ring (bicyclic) bond motifs is 1. The minimum atomic E-state index is 0.367. The molecule has 0 fully saturated rings. The minimum absolute atomic E-state index is 0.367. The number of rotatable bonds is 5. The van der Waals surface area contributed by atoms with Crippen molar-refractivity contribution < 1.29 is 0 Å². The molecule has 0 spiro atoms. The average Bonchev–Trinajstić information content (AvgIpc) is 2.91. The number of aryl methyl sites for hydroxylation is 1. The maximum Gasteiger partial charge on any atom is 0.165 e. The first-order valence-electron chi connectivity index (χ1n) is 8.73. The molecule has 126 valence electrons. The molecule has 0 aliphatic heterocycles. The van der Waals surface area contributed by atoms with Crippen molar-refractivity contribution >= 4 is 11.5 Å². The van der Waals surface area contributed by atoms with E-state index in [4.69, 9.17) is 10.1 Å². The van der Waals surface area contributed by atoms with E-state index in [0.29, 0.717) is 12.0 Å². The Kier molecular flexibility index (Phi) is 4.56. The molecule has 0 bridgehead atoms. The summed E-state index contributed by atoms with van der Waals surface area (Å²) in [7, 11) is 0. The van der Waals surface area contributed by atoms with Crippen LogP contribution >= 0.6 is 0 Å². The molecular weight excluding hydrogens is 296 g/mol. The number of hydrogen-bond donors (Lipinski definition) is 1. The molecule has 1 aromatic carbocycles. The first-order chi connectivity index (χ1) is 11.5. The van der Waals surface area contributed by atoms with Crippen molar-refractivity contribution in [1.29, 1.82) is 0 Å². The van der Waals surface area contributed by atoms with Crippen molar-refractivity contribution in [3.05, 3.63) is 47.8 Å². The third-order valence-corrected chi connectivity index (χ3v) is 4.44. The molecule has 2 heterocycles. The predicted molar refractivity (Wildman–Crippen MR) is 101 cm³/mol. The predicted octanol–water partition coefficient (Wildman–Crippen LogP) is 5.04. The topological polar surface area (TPSA) is 42.2 Å². The standard InChI is InChI=1S/C20H26N4/c1-6-14(4)21-18-12-17(13(2)3)22-20-19(15(5)23-24(18)20)16-10-8-7-9-11-16/h7-14,21H,6H2,1-5H3. The molecule has 3 rings (SSSR count). The van der Waals surface area contributed by atoms with Gasteiger partial charge in [-0.3, -0.25) is 0 Å². The van der Waals surface area contributed by atoms with Gasteiger partial charge >= 0.3 is 0 Å². The van der Waals surface area contributed by atoms with Gasteiger partial charge in [0.05, 0.1) is 5.69 Å². The molecule has 0 saturated heterocycles. The fraction of sp³-hybridized carbons (Fsp3) is 0.400. The van der Waals surface area contributed by atoms with Gasteiger partial charge in [-0.15, -0.1) is 0 Å². The van der Waals surface area contributed by atoms with Gasteiger partial charge in [-0.2, -0.15) is 9.61 Å². The Hall–Kier alpha value is -2.36. The summed E-state index contributed by atoms with van der Waals surface area (Å²) in [4.78, 5) is 4.93. The molecule has 4 nitrogen and oxygen atoms in total. The van der Waals surface area contributed by atoms with Crippen molar-refractivity contribution in [1.82, 2.24) is 14.6 Å². The highest BCUT2D eigenvalue weighted by molar-refractivity contribution is 5.81. The maximum absolute atomic E-state index is 4.93. The Labute approximate surface area is 143 Å². The first kappa shape index (κ1) is 16.5. The maximum atomic E-state index is 4.93. The van der Waals surface area contributed by atoms with Crippen LogP contribution in [0.2, 0.25) is 0 Å². The van der Waals surface area contributed by atoms with Crippen LogP contribution in [0.4, 0.5) is 5.82 Å². The number of aromatic nitrogens is 3. The Morgan fingerprint density at radius 2 is 1.83 bits per heavy atom. The van der Waals surface area contributed by atoms with Crippen LogP contribution in [0.25, 0.3) is 16.8 Å². The Morgan fingerprint density at radius 1 is 1.12 bits per heavy atom. The summed E-state index contributed by atoms with van der Waals surface area (Å²) < 4.78 is 1.95. The number of nitrogens with one attached hydrogen (secondary N) is 1. The largest absolute Gasteiger partial charge is 0.367 e. The monoisotopic (exact) mass is 322 g/mol. The van der Waals surface area contributed by atoms with Crippen LogP contribution in [0.5, 0.6) is 0 Å². The summed E-state index contributed by atoms with van der Waals surface area (Å²) in [6.45, 7) is 10.8. The van der Waals surface area contributed by atoms with Crippen molar-refractivity contribution in [2.24, 2.45) is 0 Å². The number of nitrogens with zero attached hydrogens (tertiary/aromatic N) is 3. The van der Waals surface area contributed by atoms with Crippen LogP contribution < -0.4 is 5.32 Å². The number of benzene rings is 1. The molecule has 1 atom stereocenters. The van der Waals surface area contributed by atoms with Gasteiger partial charge in [0.1, 0.15) is 5.82 Å². The van der Waals surface area contributed by atoms with E-state index < -0.39 is 0 Å². The van der Waals surface area contributed by atoms with Crippen LogP contribution in [-0.4, -0.2) is 20.6 Å². The van der Waals surface area contributed by atoms with E-state index in [1.807, 2.05) is 10.6 Å². The summed E-state index contributed by atoms with van der Waals surface area (Å²) in [6.07, 6.45) is 1.06. The smallest absolute Gasteiger partial charge is 0.165 e. The van der Waals surface area contributed by atoms with Crippen molar-refractivity contribution in [3.8, 4) is 11.1 Å². The molecule has 0 aliphatic carbocycles. The van der Waals surface area contributed by atoms with Gasteiger partial charge < -0.3 is 5.32 Å². The van der Waals surface area contributed by atoms with Crippen molar-refractivity contribution in [2.45, 2.75) is 53.0 Å². The van der Waals surface area contributed by atoms with Gasteiger partial charge in [-0.05, 0) is 31.7 Å².